The SMILES string of the molecule is CCCC(C)(C)CCC(C)(C)OCCOC. The van der Waals surface area contributed by atoms with Crippen molar-refractivity contribution in [3.63, 3.8) is 0 Å². The van der Waals surface area contributed by atoms with Gasteiger partial charge in [-0.3, -0.25) is 0 Å². The average Bonchev–Trinajstić information content (AvgIpc) is 2.16. The van der Waals surface area contributed by atoms with E-state index < -0.39 is 0 Å². The van der Waals surface area contributed by atoms with E-state index in [4.69, 9.17) is 9.47 Å². The second-order valence-corrected chi connectivity index (χ2v) is 6.02. The average molecular weight is 230 g/mol. The molecule has 0 bridgehead atoms. The smallest absolute Gasteiger partial charge is 0.0707 e. The molecule has 0 amide bonds. The number of rotatable bonds is 9. The summed E-state index contributed by atoms with van der Waals surface area (Å²) in [4.78, 5) is 0. The van der Waals surface area contributed by atoms with Gasteiger partial charge in [-0.1, -0.05) is 27.2 Å². The number of hydrogen-bond acceptors (Lipinski definition) is 2. The minimum atomic E-state index is -0.0243. The standard InChI is InChI=1S/C14H30O2/c1-7-8-13(2,3)9-10-14(4,5)16-12-11-15-6/h7-12H2,1-6H3. The fourth-order valence-electron chi connectivity index (χ4n) is 1.91. The zero-order valence-electron chi connectivity index (χ0n) is 12.1. The monoisotopic (exact) mass is 230 g/mol. The minimum absolute atomic E-state index is 0.0243. The van der Waals surface area contributed by atoms with Gasteiger partial charge in [-0.05, 0) is 38.5 Å². The maximum atomic E-state index is 5.82. The molecular weight excluding hydrogens is 200 g/mol. The lowest BCUT2D eigenvalue weighted by Gasteiger charge is -2.31. The van der Waals surface area contributed by atoms with Crippen LogP contribution in [0.5, 0.6) is 0 Å². The van der Waals surface area contributed by atoms with Crippen LogP contribution in [-0.4, -0.2) is 25.9 Å². The summed E-state index contributed by atoms with van der Waals surface area (Å²) in [5.41, 5.74) is 0.417. The van der Waals surface area contributed by atoms with Gasteiger partial charge in [-0.25, -0.2) is 0 Å². The molecule has 0 aliphatic rings. The molecule has 0 atom stereocenters. The zero-order valence-corrected chi connectivity index (χ0v) is 12.1. The van der Waals surface area contributed by atoms with E-state index in [0.29, 0.717) is 18.6 Å². The van der Waals surface area contributed by atoms with Crippen molar-refractivity contribution in [3.05, 3.63) is 0 Å². The molecule has 0 aromatic rings. The van der Waals surface area contributed by atoms with E-state index in [0.717, 1.165) is 6.42 Å². The Morgan fingerprint density at radius 3 is 2.00 bits per heavy atom. The highest BCUT2D eigenvalue weighted by atomic mass is 16.5. The van der Waals surface area contributed by atoms with Crippen molar-refractivity contribution in [1.29, 1.82) is 0 Å². The van der Waals surface area contributed by atoms with Crippen molar-refractivity contribution >= 4 is 0 Å². The molecule has 0 aliphatic heterocycles. The molecule has 0 radical (unpaired) electrons. The second kappa shape index (κ2) is 7.29. The predicted octanol–water partition coefficient (Wildman–Crippen LogP) is 4.03. The normalized spacial score (nSPS) is 13.1. The summed E-state index contributed by atoms with van der Waals surface area (Å²) in [6.07, 6.45) is 4.89. The van der Waals surface area contributed by atoms with Crippen LogP contribution >= 0.6 is 0 Å². The lowest BCUT2D eigenvalue weighted by atomic mass is 9.80. The van der Waals surface area contributed by atoms with Crippen molar-refractivity contribution in [2.45, 2.75) is 65.9 Å². The van der Waals surface area contributed by atoms with E-state index in [1.165, 1.54) is 19.3 Å². The number of hydrogen-bond donors (Lipinski definition) is 0. The summed E-state index contributed by atoms with van der Waals surface area (Å²) in [5.74, 6) is 0. The molecule has 0 spiro atoms. The first kappa shape index (κ1) is 15.9. The zero-order chi connectivity index (χ0) is 12.7. The van der Waals surface area contributed by atoms with Crippen LogP contribution < -0.4 is 0 Å². The van der Waals surface area contributed by atoms with Gasteiger partial charge in [0.25, 0.3) is 0 Å². The van der Waals surface area contributed by atoms with Crippen molar-refractivity contribution < 1.29 is 9.47 Å². The highest BCUT2D eigenvalue weighted by Gasteiger charge is 2.24. The Bertz CT molecular complexity index is 174. The van der Waals surface area contributed by atoms with E-state index >= 15 is 0 Å². The van der Waals surface area contributed by atoms with Gasteiger partial charge in [0, 0.05) is 7.11 Å². The van der Waals surface area contributed by atoms with Gasteiger partial charge in [0.2, 0.25) is 0 Å². The van der Waals surface area contributed by atoms with Crippen LogP contribution in [0.1, 0.15) is 60.3 Å². The third-order valence-electron chi connectivity index (χ3n) is 3.11. The molecular formula is C14H30O2. The van der Waals surface area contributed by atoms with Crippen LogP contribution in [0.2, 0.25) is 0 Å². The molecule has 0 aromatic carbocycles. The van der Waals surface area contributed by atoms with Crippen LogP contribution in [0.4, 0.5) is 0 Å². The molecule has 0 heterocycles. The molecule has 0 unspecified atom stereocenters. The van der Waals surface area contributed by atoms with Crippen LogP contribution in [0.15, 0.2) is 0 Å². The summed E-state index contributed by atoms with van der Waals surface area (Å²) in [6.45, 7) is 12.7. The van der Waals surface area contributed by atoms with Crippen molar-refractivity contribution in [2.75, 3.05) is 20.3 Å². The molecule has 0 N–H and O–H groups in total. The van der Waals surface area contributed by atoms with Gasteiger partial charge in [0.05, 0.1) is 18.8 Å². The van der Waals surface area contributed by atoms with Gasteiger partial charge in [0.1, 0.15) is 0 Å². The summed E-state index contributed by atoms with van der Waals surface area (Å²) in [6, 6.07) is 0. The van der Waals surface area contributed by atoms with Crippen LogP contribution in [0, 0.1) is 5.41 Å². The molecule has 2 heteroatoms. The molecule has 0 fully saturated rings. The fourth-order valence-corrected chi connectivity index (χ4v) is 1.91. The first-order valence-electron chi connectivity index (χ1n) is 6.46. The van der Waals surface area contributed by atoms with Gasteiger partial charge < -0.3 is 9.47 Å². The molecule has 98 valence electrons. The maximum absolute atomic E-state index is 5.82. The Kier molecular flexibility index (Phi) is 7.25. The van der Waals surface area contributed by atoms with E-state index in [-0.39, 0.29) is 5.60 Å². The lowest BCUT2D eigenvalue weighted by molar-refractivity contribution is -0.0497. The Morgan fingerprint density at radius 2 is 1.50 bits per heavy atom. The van der Waals surface area contributed by atoms with Crippen LogP contribution in [0.25, 0.3) is 0 Å². The highest BCUT2D eigenvalue weighted by Crippen LogP contribution is 2.31. The third kappa shape index (κ3) is 8.12. The third-order valence-corrected chi connectivity index (χ3v) is 3.11. The predicted molar refractivity (Wildman–Crippen MR) is 69.8 cm³/mol. The molecule has 0 rings (SSSR count). The summed E-state index contributed by atoms with van der Waals surface area (Å²) < 4.78 is 10.8. The van der Waals surface area contributed by atoms with E-state index in [2.05, 4.69) is 34.6 Å². The summed E-state index contributed by atoms with van der Waals surface area (Å²) in [5, 5.41) is 0. The fraction of sp³-hybridized carbons (Fsp3) is 1.00. The number of methoxy groups -OCH3 is 1. The van der Waals surface area contributed by atoms with Crippen LogP contribution in [-0.2, 0) is 9.47 Å². The Morgan fingerprint density at radius 1 is 0.875 bits per heavy atom. The lowest BCUT2D eigenvalue weighted by Crippen LogP contribution is -2.28. The molecule has 0 saturated carbocycles. The second-order valence-electron chi connectivity index (χ2n) is 6.02. The van der Waals surface area contributed by atoms with Gasteiger partial charge in [0.15, 0.2) is 0 Å². The quantitative estimate of drug-likeness (QED) is 0.557. The van der Waals surface area contributed by atoms with Crippen molar-refractivity contribution in [3.8, 4) is 0 Å². The van der Waals surface area contributed by atoms with Gasteiger partial charge >= 0.3 is 0 Å². The number of ether oxygens (including phenoxy) is 2. The molecule has 2 nitrogen and oxygen atoms in total. The van der Waals surface area contributed by atoms with E-state index in [1.807, 2.05) is 0 Å². The molecule has 0 saturated heterocycles. The summed E-state index contributed by atoms with van der Waals surface area (Å²) in [7, 11) is 1.71. The molecule has 16 heavy (non-hydrogen) atoms. The van der Waals surface area contributed by atoms with Gasteiger partial charge in [-0.2, -0.15) is 0 Å². The topological polar surface area (TPSA) is 18.5 Å². The van der Waals surface area contributed by atoms with E-state index in [9.17, 15) is 0 Å². The van der Waals surface area contributed by atoms with Crippen molar-refractivity contribution in [2.24, 2.45) is 5.41 Å². The van der Waals surface area contributed by atoms with Crippen molar-refractivity contribution in [1.82, 2.24) is 0 Å². The molecule has 0 aromatic heterocycles. The Hall–Kier alpha value is -0.0800. The Balaban J connectivity index is 3.87. The van der Waals surface area contributed by atoms with Crippen LogP contribution in [0.3, 0.4) is 0 Å². The first-order valence-corrected chi connectivity index (χ1v) is 6.46. The minimum Gasteiger partial charge on any atom is -0.382 e. The van der Waals surface area contributed by atoms with Gasteiger partial charge in [-0.15, -0.1) is 0 Å². The largest absolute Gasteiger partial charge is 0.382 e. The maximum Gasteiger partial charge on any atom is 0.0707 e. The Labute approximate surface area is 102 Å². The molecule has 0 aliphatic carbocycles. The van der Waals surface area contributed by atoms with E-state index in [1.54, 1.807) is 7.11 Å². The summed E-state index contributed by atoms with van der Waals surface area (Å²) >= 11 is 0. The highest BCUT2D eigenvalue weighted by molar-refractivity contribution is 4.75. The first-order chi connectivity index (χ1) is 7.33.